The second-order valence-electron chi connectivity index (χ2n) is 6.22. The zero-order chi connectivity index (χ0) is 17.5. The summed E-state index contributed by atoms with van der Waals surface area (Å²) in [5.41, 5.74) is 0.396. The van der Waals surface area contributed by atoms with Gasteiger partial charge in [-0.1, -0.05) is 52.9 Å². The van der Waals surface area contributed by atoms with Crippen molar-refractivity contribution >= 4 is 34.7 Å². The Balaban J connectivity index is 2.91. The number of esters is 1. The zero-order valence-corrected chi connectivity index (χ0v) is 16.2. The molecular formula is C17H24INO4. The Hall–Kier alpha value is -1.31. The predicted molar refractivity (Wildman–Crippen MR) is 97.5 cm³/mol. The van der Waals surface area contributed by atoms with Crippen LogP contribution in [0.25, 0.3) is 0 Å². The number of rotatable bonds is 6. The van der Waals surface area contributed by atoms with Gasteiger partial charge in [-0.05, 0) is 26.3 Å². The van der Waals surface area contributed by atoms with Crippen LogP contribution in [-0.4, -0.2) is 40.6 Å². The van der Waals surface area contributed by atoms with Crippen molar-refractivity contribution in [1.82, 2.24) is 4.90 Å². The van der Waals surface area contributed by atoms with Gasteiger partial charge in [0.15, 0.2) is 0 Å². The van der Waals surface area contributed by atoms with Crippen LogP contribution in [0.5, 0.6) is 0 Å². The smallest absolute Gasteiger partial charge is 0.410 e. The Kier molecular flexibility index (Phi) is 7.81. The summed E-state index contributed by atoms with van der Waals surface area (Å²) in [7, 11) is 1.36. The van der Waals surface area contributed by atoms with Gasteiger partial charge in [-0.3, -0.25) is 4.79 Å². The van der Waals surface area contributed by atoms with Gasteiger partial charge in [-0.15, -0.1) is 0 Å². The maximum atomic E-state index is 12.5. The molecule has 0 radical (unpaired) electrons. The van der Waals surface area contributed by atoms with Gasteiger partial charge >= 0.3 is 12.1 Å². The minimum Gasteiger partial charge on any atom is -0.469 e. The molecule has 1 unspecified atom stereocenters. The Morgan fingerprint density at radius 1 is 1.22 bits per heavy atom. The number of carbonyl (C=O) groups is 2. The third kappa shape index (κ3) is 7.20. The van der Waals surface area contributed by atoms with E-state index < -0.39 is 11.7 Å². The van der Waals surface area contributed by atoms with Crippen LogP contribution in [0.1, 0.15) is 26.3 Å². The zero-order valence-electron chi connectivity index (χ0n) is 14.0. The highest BCUT2D eigenvalue weighted by molar-refractivity contribution is 14.1. The maximum absolute atomic E-state index is 12.5. The summed E-state index contributed by atoms with van der Waals surface area (Å²) in [5, 5.41) is 0. The van der Waals surface area contributed by atoms with E-state index in [0.717, 1.165) is 5.56 Å². The lowest BCUT2D eigenvalue weighted by Crippen LogP contribution is -2.41. The molecule has 0 saturated carbocycles. The van der Waals surface area contributed by atoms with Crippen LogP contribution in [0.4, 0.5) is 4.79 Å². The third-order valence-electron chi connectivity index (χ3n) is 3.03. The largest absolute Gasteiger partial charge is 0.469 e. The fourth-order valence-electron chi connectivity index (χ4n) is 1.95. The Morgan fingerprint density at radius 2 is 1.83 bits per heavy atom. The minimum absolute atomic E-state index is 0.263. The molecule has 1 atom stereocenters. The summed E-state index contributed by atoms with van der Waals surface area (Å²) in [6.07, 6.45) is -0.430. The van der Waals surface area contributed by atoms with Crippen LogP contribution >= 0.6 is 22.6 Å². The maximum Gasteiger partial charge on any atom is 0.410 e. The number of amides is 1. The summed E-state index contributed by atoms with van der Waals surface area (Å²) in [4.78, 5) is 25.9. The SMILES string of the molecule is COC(=O)C(CI)CN(Cc1ccccc1)C(=O)OC(C)(C)C. The molecule has 0 saturated heterocycles. The molecular weight excluding hydrogens is 409 g/mol. The summed E-state index contributed by atoms with van der Waals surface area (Å²) < 4.78 is 10.8. The van der Waals surface area contributed by atoms with Crippen molar-refractivity contribution in [2.75, 3.05) is 18.1 Å². The van der Waals surface area contributed by atoms with E-state index in [-0.39, 0.29) is 18.4 Å². The van der Waals surface area contributed by atoms with Crippen LogP contribution in [0.3, 0.4) is 0 Å². The molecule has 5 nitrogen and oxygen atoms in total. The monoisotopic (exact) mass is 433 g/mol. The van der Waals surface area contributed by atoms with E-state index in [4.69, 9.17) is 9.47 Å². The van der Waals surface area contributed by atoms with E-state index >= 15 is 0 Å². The molecule has 0 bridgehead atoms. The number of benzene rings is 1. The van der Waals surface area contributed by atoms with Crippen LogP contribution in [-0.2, 0) is 20.8 Å². The molecule has 128 valence electrons. The van der Waals surface area contributed by atoms with E-state index in [1.54, 1.807) is 4.90 Å². The van der Waals surface area contributed by atoms with Gasteiger partial charge in [0.1, 0.15) is 5.60 Å². The molecule has 23 heavy (non-hydrogen) atoms. The van der Waals surface area contributed by atoms with Crippen LogP contribution < -0.4 is 0 Å². The number of hydrogen-bond donors (Lipinski definition) is 0. The number of hydrogen-bond acceptors (Lipinski definition) is 4. The molecule has 1 rings (SSSR count). The van der Waals surface area contributed by atoms with Crippen molar-refractivity contribution in [1.29, 1.82) is 0 Å². The lowest BCUT2D eigenvalue weighted by atomic mass is 10.1. The molecule has 0 aliphatic heterocycles. The van der Waals surface area contributed by atoms with E-state index in [1.165, 1.54) is 7.11 Å². The third-order valence-corrected chi connectivity index (χ3v) is 4.09. The molecule has 0 aliphatic carbocycles. The molecule has 0 N–H and O–H groups in total. The summed E-state index contributed by atoms with van der Waals surface area (Å²) in [5.74, 6) is -0.696. The molecule has 0 aliphatic rings. The first-order valence-corrected chi connectivity index (χ1v) is 8.95. The number of carbonyl (C=O) groups excluding carboxylic acids is 2. The van der Waals surface area contributed by atoms with Gasteiger partial charge in [0, 0.05) is 17.5 Å². The van der Waals surface area contributed by atoms with E-state index in [0.29, 0.717) is 11.0 Å². The first-order valence-electron chi connectivity index (χ1n) is 7.42. The molecule has 1 aromatic carbocycles. The lowest BCUT2D eigenvalue weighted by molar-refractivity contribution is -0.145. The Bertz CT molecular complexity index is 513. The summed E-state index contributed by atoms with van der Waals surface area (Å²) in [6, 6.07) is 9.63. The van der Waals surface area contributed by atoms with E-state index in [1.807, 2.05) is 51.1 Å². The second-order valence-corrected chi connectivity index (χ2v) is 7.10. The number of alkyl halides is 1. The van der Waals surface area contributed by atoms with E-state index in [2.05, 4.69) is 22.6 Å². The molecule has 0 spiro atoms. The normalized spacial score (nSPS) is 12.4. The van der Waals surface area contributed by atoms with Crippen LogP contribution in [0.2, 0.25) is 0 Å². The van der Waals surface area contributed by atoms with Gasteiger partial charge in [0.25, 0.3) is 0 Å². The van der Waals surface area contributed by atoms with Gasteiger partial charge < -0.3 is 14.4 Å². The van der Waals surface area contributed by atoms with Crippen molar-refractivity contribution < 1.29 is 19.1 Å². The predicted octanol–water partition coefficient (Wildman–Crippen LogP) is 3.65. The van der Waals surface area contributed by atoms with Crippen molar-refractivity contribution in [2.45, 2.75) is 32.9 Å². The fourth-order valence-corrected chi connectivity index (χ4v) is 2.59. The topological polar surface area (TPSA) is 55.8 Å². The van der Waals surface area contributed by atoms with Crippen molar-refractivity contribution in [2.24, 2.45) is 5.92 Å². The average Bonchev–Trinajstić information content (AvgIpc) is 2.49. The Labute approximate surface area is 151 Å². The highest BCUT2D eigenvalue weighted by atomic mass is 127. The quantitative estimate of drug-likeness (QED) is 0.391. The lowest BCUT2D eigenvalue weighted by Gasteiger charge is -2.29. The van der Waals surface area contributed by atoms with Gasteiger partial charge in [-0.2, -0.15) is 0 Å². The first-order chi connectivity index (χ1) is 10.8. The summed E-state index contributed by atoms with van der Waals surface area (Å²) >= 11 is 2.12. The van der Waals surface area contributed by atoms with Gasteiger partial charge in [0.2, 0.25) is 0 Å². The van der Waals surface area contributed by atoms with Gasteiger partial charge in [0.05, 0.1) is 13.0 Å². The van der Waals surface area contributed by atoms with Crippen molar-refractivity contribution in [3.05, 3.63) is 35.9 Å². The van der Waals surface area contributed by atoms with Crippen LogP contribution in [0, 0.1) is 5.92 Å². The van der Waals surface area contributed by atoms with Gasteiger partial charge in [-0.25, -0.2) is 4.79 Å². The van der Waals surface area contributed by atoms with Crippen molar-refractivity contribution in [3.63, 3.8) is 0 Å². The molecule has 1 amide bonds. The highest BCUT2D eigenvalue weighted by Crippen LogP contribution is 2.16. The average molecular weight is 433 g/mol. The Morgan fingerprint density at radius 3 is 2.30 bits per heavy atom. The van der Waals surface area contributed by atoms with Crippen molar-refractivity contribution in [3.8, 4) is 0 Å². The number of ether oxygens (including phenoxy) is 2. The minimum atomic E-state index is -0.586. The van der Waals surface area contributed by atoms with E-state index in [9.17, 15) is 9.59 Å². The standard InChI is InChI=1S/C17H24INO4/c1-17(2,3)23-16(21)19(11-13-8-6-5-7-9-13)12-14(10-18)15(20)22-4/h5-9,14H,10-12H2,1-4H3. The molecule has 0 heterocycles. The number of halogens is 1. The molecule has 6 heteroatoms. The fraction of sp³-hybridized carbons (Fsp3) is 0.529. The highest BCUT2D eigenvalue weighted by Gasteiger charge is 2.27. The first kappa shape index (κ1) is 19.7. The number of nitrogens with zero attached hydrogens (tertiary/aromatic N) is 1. The number of methoxy groups -OCH3 is 1. The summed E-state index contributed by atoms with van der Waals surface area (Å²) in [6.45, 7) is 6.12. The van der Waals surface area contributed by atoms with Crippen LogP contribution in [0.15, 0.2) is 30.3 Å². The second kappa shape index (κ2) is 9.10. The molecule has 0 fully saturated rings. The molecule has 0 aromatic heterocycles. The molecule has 1 aromatic rings.